The second-order valence-electron chi connectivity index (χ2n) is 5.28. The van der Waals surface area contributed by atoms with Gasteiger partial charge in [0.05, 0.1) is 13.2 Å². The number of hydrogen-bond donors (Lipinski definition) is 1. The highest BCUT2D eigenvalue weighted by Gasteiger charge is 2.38. The van der Waals surface area contributed by atoms with Crippen LogP contribution in [0.25, 0.3) is 0 Å². The summed E-state index contributed by atoms with van der Waals surface area (Å²) >= 11 is 0. The van der Waals surface area contributed by atoms with E-state index in [0.29, 0.717) is 19.1 Å². The van der Waals surface area contributed by atoms with E-state index in [9.17, 15) is 9.59 Å². The Morgan fingerprint density at radius 2 is 2.22 bits per heavy atom. The Morgan fingerprint density at radius 3 is 2.89 bits per heavy atom. The van der Waals surface area contributed by atoms with Crippen LogP contribution >= 0.6 is 0 Å². The van der Waals surface area contributed by atoms with E-state index in [-0.39, 0.29) is 30.4 Å². The molecule has 2 amide bonds. The van der Waals surface area contributed by atoms with Gasteiger partial charge in [-0.3, -0.25) is 9.59 Å². The van der Waals surface area contributed by atoms with Crippen LogP contribution in [0, 0.1) is 5.92 Å². The van der Waals surface area contributed by atoms with Gasteiger partial charge in [0.25, 0.3) is 0 Å². The van der Waals surface area contributed by atoms with Gasteiger partial charge in [-0.2, -0.15) is 0 Å². The maximum absolute atomic E-state index is 12.4. The summed E-state index contributed by atoms with van der Waals surface area (Å²) in [5.41, 5.74) is 0. The molecule has 2 aliphatic heterocycles. The van der Waals surface area contributed by atoms with Crippen LogP contribution in [0.4, 0.5) is 0 Å². The Labute approximate surface area is 108 Å². The van der Waals surface area contributed by atoms with Crippen molar-refractivity contribution in [3.05, 3.63) is 0 Å². The SMILES string of the molecule is CCCC1NC(=O)CN(C2CCOCC2C)C1=O. The lowest BCUT2D eigenvalue weighted by atomic mass is 9.94. The molecule has 18 heavy (non-hydrogen) atoms. The molecule has 102 valence electrons. The first-order chi connectivity index (χ1) is 8.63. The minimum Gasteiger partial charge on any atom is -0.381 e. The van der Waals surface area contributed by atoms with E-state index in [2.05, 4.69) is 12.2 Å². The molecule has 0 aromatic heterocycles. The highest BCUT2D eigenvalue weighted by Crippen LogP contribution is 2.23. The highest BCUT2D eigenvalue weighted by molar-refractivity contribution is 5.95. The van der Waals surface area contributed by atoms with Crippen LogP contribution in [0.15, 0.2) is 0 Å². The van der Waals surface area contributed by atoms with Crippen LogP contribution in [-0.2, 0) is 14.3 Å². The molecular formula is C13H22N2O3. The van der Waals surface area contributed by atoms with Crippen LogP contribution in [-0.4, -0.2) is 48.6 Å². The molecule has 2 rings (SSSR count). The van der Waals surface area contributed by atoms with Crippen molar-refractivity contribution in [1.82, 2.24) is 10.2 Å². The maximum atomic E-state index is 12.4. The summed E-state index contributed by atoms with van der Waals surface area (Å²) in [5.74, 6) is 0.345. The number of nitrogens with one attached hydrogen (secondary N) is 1. The minimum absolute atomic E-state index is 0.0354. The van der Waals surface area contributed by atoms with Crippen LogP contribution in [0.2, 0.25) is 0 Å². The average Bonchev–Trinajstić information content (AvgIpc) is 2.34. The van der Waals surface area contributed by atoms with Crippen molar-refractivity contribution in [3.63, 3.8) is 0 Å². The second kappa shape index (κ2) is 5.69. The van der Waals surface area contributed by atoms with Gasteiger partial charge in [-0.1, -0.05) is 20.3 Å². The number of piperazine rings is 1. The van der Waals surface area contributed by atoms with E-state index in [4.69, 9.17) is 4.74 Å². The quantitative estimate of drug-likeness (QED) is 0.799. The van der Waals surface area contributed by atoms with Gasteiger partial charge < -0.3 is 15.0 Å². The van der Waals surface area contributed by atoms with E-state index in [1.165, 1.54) is 0 Å². The maximum Gasteiger partial charge on any atom is 0.245 e. The van der Waals surface area contributed by atoms with Crippen LogP contribution in [0.1, 0.15) is 33.1 Å². The molecule has 0 radical (unpaired) electrons. The molecule has 2 aliphatic rings. The predicted molar refractivity (Wildman–Crippen MR) is 66.9 cm³/mol. The molecule has 5 heteroatoms. The summed E-state index contributed by atoms with van der Waals surface area (Å²) in [6.07, 6.45) is 2.45. The molecule has 2 heterocycles. The summed E-state index contributed by atoms with van der Waals surface area (Å²) in [6, 6.07) is -0.178. The van der Waals surface area contributed by atoms with E-state index in [1.807, 2.05) is 6.92 Å². The Kier molecular flexibility index (Phi) is 4.22. The molecule has 2 fully saturated rings. The summed E-state index contributed by atoms with van der Waals surface area (Å²) < 4.78 is 5.40. The fourth-order valence-corrected chi connectivity index (χ4v) is 2.83. The number of carbonyl (C=O) groups is 2. The first-order valence-electron chi connectivity index (χ1n) is 6.81. The topological polar surface area (TPSA) is 58.6 Å². The predicted octanol–water partition coefficient (Wildman–Crippen LogP) is 0.538. The van der Waals surface area contributed by atoms with Gasteiger partial charge in [0.2, 0.25) is 11.8 Å². The lowest BCUT2D eigenvalue weighted by molar-refractivity contribution is -0.150. The molecule has 2 saturated heterocycles. The van der Waals surface area contributed by atoms with Crippen molar-refractivity contribution < 1.29 is 14.3 Å². The monoisotopic (exact) mass is 254 g/mol. The van der Waals surface area contributed by atoms with Gasteiger partial charge in [0.1, 0.15) is 6.04 Å². The Hall–Kier alpha value is -1.10. The highest BCUT2D eigenvalue weighted by atomic mass is 16.5. The molecular weight excluding hydrogens is 232 g/mol. The summed E-state index contributed by atoms with van der Waals surface area (Å²) in [7, 11) is 0. The zero-order chi connectivity index (χ0) is 13.1. The summed E-state index contributed by atoms with van der Waals surface area (Å²) in [4.78, 5) is 25.9. The number of ether oxygens (including phenoxy) is 1. The van der Waals surface area contributed by atoms with Crippen LogP contribution < -0.4 is 5.32 Å². The normalized spacial score (nSPS) is 33.4. The molecule has 0 aliphatic carbocycles. The first-order valence-corrected chi connectivity index (χ1v) is 6.81. The minimum atomic E-state index is -0.328. The fourth-order valence-electron chi connectivity index (χ4n) is 2.83. The van der Waals surface area contributed by atoms with Gasteiger partial charge >= 0.3 is 0 Å². The van der Waals surface area contributed by atoms with Crippen molar-refractivity contribution in [2.45, 2.75) is 45.2 Å². The number of amides is 2. The van der Waals surface area contributed by atoms with E-state index < -0.39 is 0 Å². The smallest absolute Gasteiger partial charge is 0.245 e. The standard InChI is InChI=1S/C13H22N2O3/c1-3-4-10-13(17)15(7-12(16)14-10)11-5-6-18-8-9(11)2/h9-11H,3-8H2,1-2H3,(H,14,16). The molecule has 0 spiro atoms. The number of nitrogens with zero attached hydrogens (tertiary/aromatic N) is 1. The summed E-state index contributed by atoms with van der Waals surface area (Å²) in [6.45, 7) is 5.66. The Balaban J connectivity index is 2.09. The van der Waals surface area contributed by atoms with Gasteiger partial charge in [-0.05, 0) is 12.8 Å². The molecule has 1 N–H and O–H groups in total. The zero-order valence-electron chi connectivity index (χ0n) is 11.1. The first kappa shape index (κ1) is 13.3. The average molecular weight is 254 g/mol. The molecule has 5 nitrogen and oxygen atoms in total. The van der Waals surface area contributed by atoms with Gasteiger partial charge in [0.15, 0.2) is 0 Å². The third-order valence-corrected chi connectivity index (χ3v) is 3.80. The number of rotatable bonds is 3. The van der Waals surface area contributed by atoms with Crippen molar-refractivity contribution in [2.75, 3.05) is 19.8 Å². The van der Waals surface area contributed by atoms with Crippen molar-refractivity contribution in [3.8, 4) is 0 Å². The molecule has 3 unspecified atom stereocenters. The van der Waals surface area contributed by atoms with E-state index in [1.54, 1.807) is 4.90 Å². The fraction of sp³-hybridized carbons (Fsp3) is 0.846. The van der Waals surface area contributed by atoms with Crippen molar-refractivity contribution in [2.24, 2.45) is 5.92 Å². The lowest BCUT2D eigenvalue weighted by Gasteiger charge is -2.42. The second-order valence-corrected chi connectivity index (χ2v) is 5.28. The molecule has 0 aromatic carbocycles. The van der Waals surface area contributed by atoms with Crippen molar-refractivity contribution in [1.29, 1.82) is 0 Å². The zero-order valence-corrected chi connectivity index (χ0v) is 11.1. The van der Waals surface area contributed by atoms with Gasteiger partial charge in [-0.25, -0.2) is 0 Å². The summed E-state index contributed by atoms with van der Waals surface area (Å²) in [5, 5.41) is 2.79. The molecule has 0 bridgehead atoms. The third kappa shape index (κ3) is 2.66. The third-order valence-electron chi connectivity index (χ3n) is 3.80. The Morgan fingerprint density at radius 1 is 1.44 bits per heavy atom. The number of carbonyl (C=O) groups excluding carboxylic acids is 2. The molecule has 3 atom stereocenters. The van der Waals surface area contributed by atoms with Crippen LogP contribution in [0.3, 0.4) is 0 Å². The molecule has 0 saturated carbocycles. The van der Waals surface area contributed by atoms with Gasteiger partial charge in [-0.15, -0.1) is 0 Å². The molecule has 0 aromatic rings. The Bertz CT molecular complexity index is 332. The van der Waals surface area contributed by atoms with E-state index in [0.717, 1.165) is 19.3 Å². The lowest BCUT2D eigenvalue weighted by Crippen LogP contribution is -2.62. The largest absolute Gasteiger partial charge is 0.381 e. The number of hydrogen-bond acceptors (Lipinski definition) is 3. The van der Waals surface area contributed by atoms with Crippen molar-refractivity contribution >= 4 is 11.8 Å². The van der Waals surface area contributed by atoms with Gasteiger partial charge in [0, 0.05) is 18.6 Å². The van der Waals surface area contributed by atoms with E-state index >= 15 is 0 Å². The van der Waals surface area contributed by atoms with Crippen LogP contribution in [0.5, 0.6) is 0 Å².